The number of halogens is 1. The van der Waals surface area contributed by atoms with Crippen molar-refractivity contribution >= 4 is 14.2 Å². The standard InChI is InChI=1S/C26H38FNO5Si/c1-26(2,3)33-34(7,8)14-13-18(17-9-11-19(27)12-10-17)15-20-21(25(28)29)16-22(30-4)24(32-6)23(20)31-5/h9-12,16,18H,13-15H2,1-8H3,(H2,28,29). The van der Waals surface area contributed by atoms with Crippen LogP contribution in [0.5, 0.6) is 17.2 Å². The van der Waals surface area contributed by atoms with Crippen molar-refractivity contribution in [1.82, 2.24) is 0 Å². The highest BCUT2D eigenvalue weighted by molar-refractivity contribution is 6.71. The third-order valence-electron chi connectivity index (χ3n) is 5.67. The monoisotopic (exact) mass is 491 g/mol. The molecule has 1 amide bonds. The van der Waals surface area contributed by atoms with Crippen LogP contribution in [0.25, 0.3) is 0 Å². The molecular weight excluding hydrogens is 453 g/mol. The van der Waals surface area contributed by atoms with Crippen LogP contribution in [0, 0.1) is 5.82 Å². The first-order valence-electron chi connectivity index (χ1n) is 11.4. The lowest BCUT2D eigenvalue weighted by atomic mass is 9.87. The molecule has 0 heterocycles. The molecule has 2 aromatic carbocycles. The maximum Gasteiger partial charge on any atom is 0.249 e. The van der Waals surface area contributed by atoms with Crippen LogP contribution in [0.2, 0.25) is 19.1 Å². The molecule has 2 N–H and O–H groups in total. The fourth-order valence-corrected chi connectivity index (χ4v) is 7.21. The van der Waals surface area contributed by atoms with Crippen LogP contribution in [-0.2, 0) is 10.8 Å². The van der Waals surface area contributed by atoms with Crippen LogP contribution >= 0.6 is 0 Å². The third kappa shape index (κ3) is 7.21. The van der Waals surface area contributed by atoms with Gasteiger partial charge in [-0.15, -0.1) is 0 Å². The first-order chi connectivity index (χ1) is 15.8. The average Bonchev–Trinajstić information content (AvgIpc) is 2.74. The molecule has 0 spiro atoms. The van der Waals surface area contributed by atoms with E-state index in [0.717, 1.165) is 18.0 Å². The lowest BCUT2D eigenvalue weighted by molar-refractivity contribution is 0.0998. The van der Waals surface area contributed by atoms with Crippen LogP contribution in [0.4, 0.5) is 4.39 Å². The molecule has 0 aromatic heterocycles. The van der Waals surface area contributed by atoms with Gasteiger partial charge in [-0.1, -0.05) is 12.1 Å². The Kier molecular flexibility index (Phi) is 9.13. The van der Waals surface area contributed by atoms with E-state index in [0.29, 0.717) is 34.8 Å². The molecule has 0 fully saturated rings. The van der Waals surface area contributed by atoms with Crippen molar-refractivity contribution in [1.29, 1.82) is 0 Å². The predicted octanol–water partition coefficient (Wildman–Crippen LogP) is 5.69. The molecule has 1 unspecified atom stereocenters. The lowest BCUT2D eigenvalue weighted by Crippen LogP contribution is -2.39. The van der Waals surface area contributed by atoms with Crippen LogP contribution in [0.15, 0.2) is 30.3 Å². The second-order valence-corrected chi connectivity index (χ2v) is 14.2. The van der Waals surface area contributed by atoms with E-state index >= 15 is 0 Å². The maximum atomic E-state index is 13.7. The average molecular weight is 492 g/mol. The minimum absolute atomic E-state index is 0.0268. The fourth-order valence-electron chi connectivity index (χ4n) is 4.41. The highest BCUT2D eigenvalue weighted by Gasteiger charge is 2.31. The van der Waals surface area contributed by atoms with Crippen molar-refractivity contribution in [2.75, 3.05) is 21.3 Å². The second-order valence-electron chi connectivity index (χ2n) is 10.0. The van der Waals surface area contributed by atoms with Crippen molar-refractivity contribution in [2.45, 2.75) is 64.3 Å². The summed E-state index contributed by atoms with van der Waals surface area (Å²) in [4.78, 5) is 12.4. The molecular formula is C26H38FNO5Si. The lowest BCUT2D eigenvalue weighted by Gasteiger charge is -2.33. The zero-order chi connectivity index (χ0) is 25.7. The van der Waals surface area contributed by atoms with E-state index in [1.54, 1.807) is 18.2 Å². The van der Waals surface area contributed by atoms with Crippen molar-refractivity contribution in [3.63, 3.8) is 0 Å². The number of hydrogen-bond donors (Lipinski definition) is 1. The van der Waals surface area contributed by atoms with Crippen LogP contribution in [-0.4, -0.2) is 41.2 Å². The molecule has 8 heteroatoms. The fraction of sp³-hybridized carbons (Fsp3) is 0.500. The van der Waals surface area contributed by atoms with Gasteiger partial charge in [0, 0.05) is 16.7 Å². The number of primary amides is 1. The number of ether oxygens (including phenoxy) is 3. The molecule has 2 aromatic rings. The van der Waals surface area contributed by atoms with Gasteiger partial charge in [0.25, 0.3) is 0 Å². The van der Waals surface area contributed by atoms with E-state index in [4.69, 9.17) is 24.4 Å². The van der Waals surface area contributed by atoms with Crippen molar-refractivity contribution in [3.8, 4) is 17.2 Å². The van der Waals surface area contributed by atoms with Gasteiger partial charge in [0.2, 0.25) is 11.7 Å². The van der Waals surface area contributed by atoms with Gasteiger partial charge in [-0.2, -0.15) is 0 Å². The Hall–Kier alpha value is -2.58. The summed E-state index contributed by atoms with van der Waals surface area (Å²) in [6, 6.07) is 8.96. The summed E-state index contributed by atoms with van der Waals surface area (Å²) in [6.07, 6.45) is 1.24. The van der Waals surface area contributed by atoms with Crippen LogP contribution in [0.1, 0.15) is 54.6 Å². The van der Waals surface area contributed by atoms with Crippen molar-refractivity contribution < 1.29 is 27.8 Å². The van der Waals surface area contributed by atoms with Crippen molar-refractivity contribution in [2.24, 2.45) is 5.73 Å². The largest absolute Gasteiger partial charge is 0.493 e. The number of carbonyl (C=O) groups excluding carboxylic acids is 1. The van der Waals surface area contributed by atoms with Gasteiger partial charge in [-0.25, -0.2) is 4.39 Å². The Balaban J connectivity index is 2.54. The SMILES string of the molecule is COc1cc(C(N)=O)c(CC(CC[Si](C)(C)OC(C)(C)C)c2ccc(F)cc2)c(OC)c1OC. The molecule has 188 valence electrons. The molecule has 2 rings (SSSR count). The molecule has 0 radical (unpaired) electrons. The minimum Gasteiger partial charge on any atom is -0.493 e. The first-order valence-corrected chi connectivity index (χ1v) is 14.5. The molecule has 0 aliphatic heterocycles. The maximum absolute atomic E-state index is 13.7. The number of methoxy groups -OCH3 is 3. The van der Waals surface area contributed by atoms with E-state index in [1.807, 2.05) is 0 Å². The molecule has 6 nitrogen and oxygen atoms in total. The topological polar surface area (TPSA) is 80.0 Å². The zero-order valence-electron chi connectivity index (χ0n) is 21.6. The summed E-state index contributed by atoms with van der Waals surface area (Å²) < 4.78 is 36.7. The van der Waals surface area contributed by atoms with E-state index in [1.165, 1.54) is 33.5 Å². The minimum atomic E-state index is -1.99. The number of rotatable bonds is 11. The van der Waals surface area contributed by atoms with Gasteiger partial charge in [-0.05, 0) is 82.4 Å². The molecule has 0 aliphatic carbocycles. The molecule has 0 saturated carbocycles. The zero-order valence-corrected chi connectivity index (χ0v) is 22.6. The van der Waals surface area contributed by atoms with E-state index in [2.05, 4.69) is 33.9 Å². The summed E-state index contributed by atoms with van der Waals surface area (Å²) in [5.74, 6) is 0.259. The number of hydrogen-bond acceptors (Lipinski definition) is 5. The Labute approximate surface area is 203 Å². The van der Waals surface area contributed by atoms with Crippen LogP contribution < -0.4 is 19.9 Å². The molecule has 1 atom stereocenters. The van der Waals surface area contributed by atoms with Crippen molar-refractivity contribution in [3.05, 3.63) is 52.8 Å². The number of carbonyl (C=O) groups is 1. The first kappa shape index (κ1) is 27.7. The van der Waals surface area contributed by atoms with Gasteiger partial charge in [0.15, 0.2) is 19.8 Å². The summed E-state index contributed by atoms with van der Waals surface area (Å²) in [6.45, 7) is 10.6. The third-order valence-corrected chi connectivity index (χ3v) is 8.33. The van der Waals surface area contributed by atoms with Gasteiger partial charge >= 0.3 is 0 Å². The highest BCUT2D eigenvalue weighted by atomic mass is 28.4. The second kappa shape index (κ2) is 11.2. The summed E-state index contributed by atoms with van der Waals surface area (Å²) in [7, 11) is 2.53. The smallest absolute Gasteiger partial charge is 0.249 e. The molecule has 0 saturated heterocycles. The van der Waals surface area contributed by atoms with E-state index < -0.39 is 14.2 Å². The van der Waals surface area contributed by atoms with Gasteiger partial charge in [0.1, 0.15) is 5.82 Å². The summed E-state index contributed by atoms with van der Waals surface area (Å²) in [5.41, 5.74) is 7.43. The Bertz CT molecular complexity index is 986. The highest BCUT2D eigenvalue weighted by Crippen LogP contribution is 2.44. The summed E-state index contributed by atoms with van der Waals surface area (Å²) in [5, 5.41) is 0. The molecule has 0 bridgehead atoms. The quantitative estimate of drug-likeness (QED) is 0.409. The number of nitrogens with two attached hydrogens (primary N) is 1. The van der Waals surface area contributed by atoms with E-state index in [9.17, 15) is 9.18 Å². The Morgan fingerprint density at radius 2 is 1.62 bits per heavy atom. The molecule has 0 aliphatic rings. The number of amides is 1. The Morgan fingerprint density at radius 1 is 1.03 bits per heavy atom. The van der Waals surface area contributed by atoms with Gasteiger partial charge < -0.3 is 24.4 Å². The Morgan fingerprint density at radius 3 is 2.09 bits per heavy atom. The summed E-state index contributed by atoms with van der Waals surface area (Å²) >= 11 is 0. The van der Waals surface area contributed by atoms with Crippen LogP contribution in [0.3, 0.4) is 0 Å². The van der Waals surface area contributed by atoms with Gasteiger partial charge in [0.05, 0.1) is 21.3 Å². The predicted molar refractivity (Wildman–Crippen MR) is 135 cm³/mol. The van der Waals surface area contributed by atoms with E-state index in [-0.39, 0.29) is 17.3 Å². The molecule has 34 heavy (non-hydrogen) atoms. The van der Waals surface area contributed by atoms with Gasteiger partial charge in [-0.3, -0.25) is 4.79 Å². The normalized spacial score (nSPS) is 12.9. The number of benzene rings is 2.